The van der Waals surface area contributed by atoms with Crippen molar-refractivity contribution in [2.24, 2.45) is 0 Å². The minimum Gasteiger partial charge on any atom is -0.310 e. The third-order valence-electron chi connectivity index (χ3n) is 19.7. The van der Waals surface area contributed by atoms with Gasteiger partial charge in [0.05, 0.1) is 29.3 Å². The molecule has 0 bridgehead atoms. The van der Waals surface area contributed by atoms with Crippen molar-refractivity contribution in [3.8, 4) is 83.6 Å². The SMILES string of the molecule is [2H]c1c([2H])c([2H])c(-c2cc3c(cc2C(C)(C)C)N(c2c(-c4ccccc4)cc(-c4ccccc4)cc2-c2ccccc2)c2cc(C(C)(C)C)cc4c2B3c2ccc(-n3c5ccccc5c5ccccc53)cc2N4c2c(-c3ccccc3)cc(-c3ccccc3)cc2-c2ccccc2)c([2H])c1[2H]. The summed E-state index contributed by atoms with van der Waals surface area (Å²) in [6.07, 6.45) is 0. The van der Waals surface area contributed by atoms with Gasteiger partial charge in [-0.3, -0.25) is 0 Å². The molecular formula is C92H72BN3. The molecule has 3 heterocycles. The van der Waals surface area contributed by atoms with Crippen LogP contribution in [-0.4, -0.2) is 11.3 Å². The Labute approximate surface area is 571 Å². The molecule has 2 aliphatic heterocycles. The van der Waals surface area contributed by atoms with Gasteiger partial charge in [-0.25, -0.2) is 0 Å². The average Bonchev–Trinajstić information content (AvgIpc) is 1.67. The maximum atomic E-state index is 9.87. The van der Waals surface area contributed by atoms with Crippen molar-refractivity contribution in [3.05, 3.63) is 339 Å². The van der Waals surface area contributed by atoms with Crippen LogP contribution in [0, 0.1) is 0 Å². The number of benzene rings is 14. The fraction of sp³-hybridized carbons (Fsp3) is 0.0870. The van der Waals surface area contributed by atoms with E-state index in [1.165, 1.54) is 0 Å². The van der Waals surface area contributed by atoms with Crippen LogP contribution in [0.1, 0.15) is 59.5 Å². The fourth-order valence-electron chi connectivity index (χ4n) is 15.2. The van der Waals surface area contributed by atoms with E-state index in [0.29, 0.717) is 5.56 Å². The van der Waals surface area contributed by atoms with Gasteiger partial charge in [0, 0.05) is 61.5 Å². The van der Waals surface area contributed by atoms with Crippen LogP contribution in [0.25, 0.3) is 105 Å². The van der Waals surface area contributed by atoms with Gasteiger partial charge < -0.3 is 14.4 Å². The first-order valence-electron chi connectivity index (χ1n) is 35.9. The van der Waals surface area contributed by atoms with Gasteiger partial charge in [0.15, 0.2) is 0 Å². The highest BCUT2D eigenvalue weighted by Gasteiger charge is 2.47. The molecule has 2 aliphatic rings. The highest BCUT2D eigenvalue weighted by molar-refractivity contribution is 7.00. The Morgan fingerprint density at radius 1 is 0.302 bits per heavy atom. The molecule has 0 radical (unpaired) electrons. The van der Waals surface area contributed by atoms with Gasteiger partial charge in [0.2, 0.25) is 0 Å². The molecule has 0 saturated carbocycles. The fourth-order valence-corrected chi connectivity index (χ4v) is 15.2. The summed E-state index contributed by atoms with van der Waals surface area (Å²) >= 11 is 0. The van der Waals surface area contributed by atoms with Crippen LogP contribution in [-0.2, 0) is 10.8 Å². The molecule has 1 aromatic heterocycles. The van der Waals surface area contributed by atoms with E-state index < -0.39 is 23.6 Å². The van der Waals surface area contributed by atoms with Crippen LogP contribution >= 0.6 is 0 Å². The monoisotopic (exact) mass is 1230 g/mol. The van der Waals surface area contributed by atoms with E-state index in [4.69, 9.17) is 1.37 Å². The summed E-state index contributed by atoms with van der Waals surface area (Å²) in [6.45, 7) is 13.0. The van der Waals surface area contributed by atoms with Gasteiger partial charge in [0.25, 0.3) is 6.71 Å². The number of para-hydroxylation sites is 2. The Morgan fingerprint density at radius 3 is 1.09 bits per heavy atom. The Morgan fingerprint density at radius 2 is 0.688 bits per heavy atom. The summed E-state index contributed by atoms with van der Waals surface area (Å²) in [6, 6.07) is 107. The van der Waals surface area contributed by atoms with Crippen molar-refractivity contribution in [1.29, 1.82) is 0 Å². The predicted molar refractivity (Wildman–Crippen MR) is 410 cm³/mol. The molecule has 0 spiro atoms. The number of rotatable bonds is 10. The number of anilines is 6. The van der Waals surface area contributed by atoms with Crippen molar-refractivity contribution < 1.29 is 6.85 Å². The lowest BCUT2D eigenvalue weighted by molar-refractivity contribution is 0.590. The molecule has 0 saturated heterocycles. The van der Waals surface area contributed by atoms with Crippen molar-refractivity contribution in [1.82, 2.24) is 4.57 Å². The van der Waals surface area contributed by atoms with E-state index in [0.717, 1.165) is 156 Å². The molecule has 0 aliphatic carbocycles. The maximum absolute atomic E-state index is 9.87. The lowest BCUT2D eigenvalue weighted by atomic mass is 9.33. The lowest BCUT2D eigenvalue weighted by Crippen LogP contribution is -2.61. The van der Waals surface area contributed by atoms with Gasteiger partial charge in [-0.05, 0) is 161 Å². The van der Waals surface area contributed by atoms with Crippen molar-refractivity contribution >= 4 is 79.0 Å². The summed E-state index contributed by atoms with van der Waals surface area (Å²) in [7, 11) is 0. The highest BCUT2D eigenvalue weighted by atomic mass is 15.2. The molecule has 4 heteroatoms. The molecule has 3 nitrogen and oxygen atoms in total. The largest absolute Gasteiger partial charge is 0.310 e. The standard InChI is InChI=1S/C92H72BN3/c1-91(2,3)70-56-86-88-87(57-70)96(90-77(66-42-24-12-25-43-66)54-69(62-34-16-8-17-35-62)55-78(90)67-44-26-13-27-45-67)85-60-79(92(4,5)6)74(63-36-18-9-19-37-63)59-81(85)93(88)80-51-50-71(94-82-48-30-28-46-72(82)73-47-29-31-49-83(73)94)58-84(80)95(86)89-75(64-38-20-10-21-39-64)52-68(61-32-14-7-15-33-61)53-76(89)65-40-22-11-23-41-65/h7-60H,1-6H3/i9D,18D,19D,36D,37D. The zero-order valence-corrected chi connectivity index (χ0v) is 54.7. The molecular weight excluding hydrogens is 1160 g/mol. The minimum absolute atomic E-state index is 0.171. The highest BCUT2D eigenvalue weighted by Crippen LogP contribution is 2.56. The summed E-state index contributed by atoms with van der Waals surface area (Å²) in [5.41, 5.74) is 26.5. The maximum Gasteiger partial charge on any atom is 0.252 e. The Balaban J connectivity index is 1.10. The number of hydrogen-bond donors (Lipinski definition) is 0. The third kappa shape index (κ3) is 9.89. The molecule has 15 aromatic rings. The zero-order chi connectivity index (χ0) is 69.2. The molecule has 458 valence electrons. The molecule has 0 fully saturated rings. The normalized spacial score (nSPS) is 13.4. The van der Waals surface area contributed by atoms with E-state index >= 15 is 0 Å². The predicted octanol–water partition coefficient (Wildman–Crippen LogP) is 23.1. The Bertz CT molecular complexity index is 5580. The van der Waals surface area contributed by atoms with E-state index in [2.05, 4.69) is 353 Å². The first-order valence-corrected chi connectivity index (χ1v) is 33.4. The number of nitrogens with zero attached hydrogens (tertiary/aromatic N) is 3. The summed E-state index contributed by atoms with van der Waals surface area (Å²) in [5, 5.41) is 2.32. The van der Waals surface area contributed by atoms with Gasteiger partial charge in [-0.1, -0.05) is 302 Å². The van der Waals surface area contributed by atoms with Crippen LogP contribution in [0.3, 0.4) is 0 Å². The molecule has 0 unspecified atom stereocenters. The first-order chi connectivity index (χ1) is 49.0. The number of hydrogen-bond acceptors (Lipinski definition) is 2. The van der Waals surface area contributed by atoms with Crippen LogP contribution in [0.2, 0.25) is 0 Å². The van der Waals surface area contributed by atoms with Crippen LogP contribution in [0.4, 0.5) is 34.1 Å². The Kier molecular flexibility index (Phi) is 12.8. The second kappa shape index (κ2) is 23.2. The van der Waals surface area contributed by atoms with E-state index in [1.54, 1.807) is 0 Å². The number of fused-ring (bicyclic) bond motifs is 7. The summed E-state index contributed by atoms with van der Waals surface area (Å²) in [4.78, 5) is 5.17. The molecule has 96 heavy (non-hydrogen) atoms. The average molecular weight is 1240 g/mol. The van der Waals surface area contributed by atoms with Crippen LogP contribution in [0.15, 0.2) is 327 Å². The van der Waals surface area contributed by atoms with Crippen molar-refractivity contribution in [2.45, 2.75) is 52.4 Å². The first kappa shape index (κ1) is 53.0. The van der Waals surface area contributed by atoms with Gasteiger partial charge in [-0.2, -0.15) is 0 Å². The van der Waals surface area contributed by atoms with Crippen LogP contribution < -0.4 is 26.2 Å². The number of aromatic nitrogens is 1. The molecule has 0 atom stereocenters. The van der Waals surface area contributed by atoms with E-state index in [1.807, 2.05) is 0 Å². The molecule has 14 aromatic carbocycles. The third-order valence-corrected chi connectivity index (χ3v) is 19.7. The van der Waals surface area contributed by atoms with E-state index in [-0.39, 0.29) is 29.7 Å². The van der Waals surface area contributed by atoms with Crippen molar-refractivity contribution in [3.63, 3.8) is 0 Å². The topological polar surface area (TPSA) is 11.4 Å². The quantitative estimate of drug-likeness (QED) is 0.126. The summed E-state index contributed by atoms with van der Waals surface area (Å²) < 4.78 is 49.7. The van der Waals surface area contributed by atoms with Crippen molar-refractivity contribution in [2.75, 3.05) is 9.80 Å². The Hall–Kier alpha value is -11.5. The smallest absolute Gasteiger partial charge is 0.252 e. The second-order valence-electron chi connectivity index (χ2n) is 27.6. The molecule has 0 N–H and O–H groups in total. The van der Waals surface area contributed by atoms with Crippen LogP contribution in [0.5, 0.6) is 0 Å². The molecule has 0 amide bonds. The summed E-state index contributed by atoms with van der Waals surface area (Å²) in [5.74, 6) is 0. The lowest BCUT2D eigenvalue weighted by Gasteiger charge is -2.47. The minimum atomic E-state index is -0.634. The van der Waals surface area contributed by atoms with E-state index in [9.17, 15) is 5.48 Å². The van der Waals surface area contributed by atoms with Gasteiger partial charge >= 0.3 is 0 Å². The van der Waals surface area contributed by atoms with Gasteiger partial charge in [-0.15, -0.1) is 0 Å². The second-order valence-corrected chi connectivity index (χ2v) is 27.6. The van der Waals surface area contributed by atoms with Gasteiger partial charge in [0.1, 0.15) is 0 Å². The molecule has 17 rings (SSSR count). The zero-order valence-electron chi connectivity index (χ0n) is 59.7.